The standard InChI is InChI=1S/C22H21N3O3S/c1-16-6-2-4-8-18(16)23-12-14-24(15-13-23)22(29)21-11-10-20(28-21)17-7-3-5-9-19(17)25(26)27/h2-11H,12-15H2,1H3. The molecule has 3 aromatic rings. The highest BCUT2D eigenvalue weighted by molar-refractivity contribution is 7.80. The maximum atomic E-state index is 11.3. The molecule has 1 aliphatic rings. The lowest BCUT2D eigenvalue weighted by molar-refractivity contribution is -0.384. The summed E-state index contributed by atoms with van der Waals surface area (Å²) >= 11 is 5.65. The minimum absolute atomic E-state index is 0.0196. The molecule has 0 bridgehead atoms. The summed E-state index contributed by atoms with van der Waals surface area (Å²) in [5.74, 6) is 1.02. The predicted molar refractivity (Wildman–Crippen MR) is 117 cm³/mol. The largest absolute Gasteiger partial charge is 0.453 e. The van der Waals surface area contributed by atoms with E-state index in [2.05, 4.69) is 41.0 Å². The van der Waals surface area contributed by atoms with Gasteiger partial charge >= 0.3 is 0 Å². The van der Waals surface area contributed by atoms with E-state index in [9.17, 15) is 10.1 Å². The van der Waals surface area contributed by atoms with Crippen LogP contribution in [0.25, 0.3) is 11.3 Å². The van der Waals surface area contributed by atoms with Crippen LogP contribution >= 0.6 is 12.2 Å². The molecule has 148 valence electrons. The average Bonchev–Trinajstić information content (AvgIpc) is 3.24. The van der Waals surface area contributed by atoms with Gasteiger partial charge in [0.15, 0.2) is 5.76 Å². The number of thiocarbonyl (C=S) groups is 1. The van der Waals surface area contributed by atoms with Crippen molar-refractivity contribution in [1.82, 2.24) is 4.90 Å². The molecule has 0 unspecified atom stereocenters. The summed E-state index contributed by atoms with van der Waals surface area (Å²) in [6.07, 6.45) is 0. The van der Waals surface area contributed by atoms with Gasteiger partial charge in [-0.15, -0.1) is 0 Å². The number of para-hydroxylation sites is 2. The molecule has 0 radical (unpaired) electrons. The average molecular weight is 407 g/mol. The van der Waals surface area contributed by atoms with Gasteiger partial charge in [-0.05, 0) is 36.8 Å². The SMILES string of the molecule is Cc1ccccc1N1CCN(C(=S)c2ccc(-c3ccccc3[N+](=O)[O-])o2)CC1. The molecule has 1 saturated heterocycles. The minimum atomic E-state index is -0.402. The first kappa shape index (κ1) is 19.1. The number of hydrogen-bond donors (Lipinski definition) is 0. The van der Waals surface area contributed by atoms with Crippen molar-refractivity contribution in [2.24, 2.45) is 0 Å². The third kappa shape index (κ3) is 3.86. The normalized spacial score (nSPS) is 14.1. The molecular formula is C22H21N3O3S. The number of nitrogens with zero attached hydrogens (tertiary/aromatic N) is 3. The Labute approximate surface area is 174 Å². The zero-order valence-electron chi connectivity index (χ0n) is 16.1. The molecule has 7 heteroatoms. The quantitative estimate of drug-likeness (QED) is 0.356. The maximum Gasteiger partial charge on any atom is 0.280 e. The summed E-state index contributed by atoms with van der Waals surface area (Å²) in [5, 5.41) is 11.3. The van der Waals surface area contributed by atoms with Gasteiger partial charge in [-0.25, -0.2) is 0 Å². The third-order valence-corrected chi connectivity index (χ3v) is 5.67. The molecule has 0 spiro atoms. The molecule has 1 aromatic heterocycles. The summed E-state index contributed by atoms with van der Waals surface area (Å²) in [7, 11) is 0. The van der Waals surface area contributed by atoms with Gasteiger partial charge in [0.1, 0.15) is 10.7 Å². The van der Waals surface area contributed by atoms with Crippen molar-refractivity contribution in [3.63, 3.8) is 0 Å². The van der Waals surface area contributed by atoms with Crippen molar-refractivity contribution in [2.45, 2.75) is 6.92 Å². The van der Waals surface area contributed by atoms with E-state index >= 15 is 0 Å². The van der Waals surface area contributed by atoms with Crippen molar-refractivity contribution in [3.8, 4) is 11.3 Å². The van der Waals surface area contributed by atoms with Crippen LogP contribution < -0.4 is 4.90 Å². The topological polar surface area (TPSA) is 62.8 Å². The van der Waals surface area contributed by atoms with Crippen molar-refractivity contribution in [2.75, 3.05) is 31.1 Å². The second-order valence-electron chi connectivity index (χ2n) is 7.00. The van der Waals surface area contributed by atoms with E-state index in [4.69, 9.17) is 16.6 Å². The molecule has 4 rings (SSSR count). The fourth-order valence-corrected chi connectivity index (χ4v) is 3.96. The van der Waals surface area contributed by atoms with E-state index in [1.54, 1.807) is 30.3 Å². The number of aryl methyl sites for hydroxylation is 1. The van der Waals surface area contributed by atoms with Crippen molar-refractivity contribution in [3.05, 3.63) is 82.1 Å². The highest BCUT2D eigenvalue weighted by Crippen LogP contribution is 2.31. The Balaban J connectivity index is 1.47. The predicted octanol–water partition coefficient (Wildman–Crippen LogP) is 4.66. The zero-order valence-corrected chi connectivity index (χ0v) is 16.9. The molecule has 2 heterocycles. The molecule has 1 aliphatic heterocycles. The number of anilines is 1. The third-order valence-electron chi connectivity index (χ3n) is 5.21. The molecular weight excluding hydrogens is 386 g/mol. The first-order valence-electron chi connectivity index (χ1n) is 9.48. The molecule has 0 atom stereocenters. The van der Waals surface area contributed by atoms with Gasteiger partial charge < -0.3 is 14.2 Å². The Bertz CT molecular complexity index is 1050. The maximum absolute atomic E-state index is 11.3. The van der Waals surface area contributed by atoms with Crippen LogP contribution in [0.5, 0.6) is 0 Å². The summed E-state index contributed by atoms with van der Waals surface area (Å²) in [6, 6.07) is 18.5. The van der Waals surface area contributed by atoms with Crippen molar-refractivity contribution < 1.29 is 9.34 Å². The number of furan rings is 1. The van der Waals surface area contributed by atoms with Gasteiger partial charge in [0.05, 0.1) is 10.5 Å². The Morgan fingerprint density at radius 1 is 1.00 bits per heavy atom. The molecule has 0 amide bonds. The highest BCUT2D eigenvalue weighted by atomic mass is 32.1. The van der Waals surface area contributed by atoms with Gasteiger partial charge in [0.25, 0.3) is 5.69 Å². The molecule has 6 nitrogen and oxygen atoms in total. The second-order valence-corrected chi connectivity index (χ2v) is 7.39. The van der Waals surface area contributed by atoms with Crippen LogP contribution in [0.1, 0.15) is 11.3 Å². The lowest BCUT2D eigenvalue weighted by atomic mass is 10.1. The first-order chi connectivity index (χ1) is 14.0. The Morgan fingerprint density at radius 2 is 1.69 bits per heavy atom. The van der Waals surface area contributed by atoms with E-state index in [1.165, 1.54) is 17.3 Å². The van der Waals surface area contributed by atoms with E-state index in [1.807, 2.05) is 0 Å². The van der Waals surface area contributed by atoms with Gasteiger partial charge in [-0.1, -0.05) is 42.5 Å². The molecule has 29 heavy (non-hydrogen) atoms. The zero-order chi connectivity index (χ0) is 20.4. The smallest absolute Gasteiger partial charge is 0.280 e. The van der Waals surface area contributed by atoms with Crippen molar-refractivity contribution in [1.29, 1.82) is 0 Å². The lowest BCUT2D eigenvalue weighted by Gasteiger charge is -2.37. The Hall–Kier alpha value is -3.19. The van der Waals surface area contributed by atoms with Crippen LogP contribution in [-0.4, -0.2) is 41.0 Å². The Morgan fingerprint density at radius 3 is 2.41 bits per heavy atom. The molecule has 0 aliphatic carbocycles. The summed E-state index contributed by atoms with van der Waals surface area (Å²) in [6.45, 7) is 5.48. The molecule has 0 saturated carbocycles. The van der Waals surface area contributed by atoms with Gasteiger partial charge in [0, 0.05) is 37.9 Å². The van der Waals surface area contributed by atoms with Crippen LogP contribution in [0.3, 0.4) is 0 Å². The number of piperazine rings is 1. The van der Waals surface area contributed by atoms with Gasteiger partial charge in [-0.3, -0.25) is 10.1 Å². The second kappa shape index (κ2) is 8.05. The minimum Gasteiger partial charge on any atom is -0.453 e. The van der Waals surface area contributed by atoms with Gasteiger partial charge in [0.2, 0.25) is 0 Å². The highest BCUT2D eigenvalue weighted by Gasteiger charge is 2.24. The van der Waals surface area contributed by atoms with Crippen LogP contribution in [0.15, 0.2) is 65.1 Å². The number of nitro groups is 1. The summed E-state index contributed by atoms with van der Waals surface area (Å²) in [5.41, 5.74) is 3.00. The van der Waals surface area contributed by atoms with E-state index in [0.717, 1.165) is 26.2 Å². The Kier molecular flexibility index (Phi) is 5.31. The number of rotatable bonds is 4. The monoisotopic (exact) mass is 407 g/mol. The summed E-state index contributed by atoms with van der Waals surface area (Å²) < 4.78 is 5.91. The van der Waals surface area contributed by atoms with Gasteiger partial charge in [-0.2, -0.15) is 0 Å². The molecule has 1 fully saturated rings. The number of nitro benzene ring substituents is 1. The van der Waals surface area contributed by atoms with E-state index in [0.29, 0.717) is 22.1 Å². The summed E-state index contributed by atoms with van der Waals surface area (Å²) in [4.78, 5) is 16.0. The van der Waals surface area contributed by atoms with Crippen molar-refractivity contribution >= 4 is 28.6 Å². The van der Waals surface area contributed by atoms with E-state index in [-0.39, 0.29) is 5.69 Å². The van der Waals surface area contributed by atoms with Crippen LogP contribution in [0, 0.1) is 17.0 Å². The number of benzene rings is 2. The first-order valence-corrected chi connectivity index (χ1v) is 9.89. The fourth-order valence-electron chi connectivity index (χ4n) is 3.66. The van der Waals surface area contributed by atoms with Crippen LogP contribution in [0.2, 0.25) is 0 Å². The fraction of sp³-hybridized carbons (Fsp3) is 0.227. The van der Waals surface area contributed by atoms with E-state index < -0.39 is 4.92 Å². The van der Waals surface area contributed by atoms with Crippen LogP contribution in [0.4, 0.5) is 11.4 Å². The number of hydrogen-bond acceptors (Lipinski definition) is 5. The van der Waals surface area contributed by atoms with Crippen LogP contribution in [-0.2, 0) is 0 Å². The molecule has 2 aromatic carbocycles. The molecule has 0 N–H and O–H groups in total. The lowest BCUT2D eigenvalue weighted by Crippen LogP contribution is -2.48.